The molecule has 0 radical (unpaired) electrons. The van der Waals surface area contributed by atoms with Crippen LogP contribution in [0.25, 0.3) is 11.1 Å². The van der Waals surface area contributed by atoms with Crippen molar-refractivity contribution in [2.24, 2.45) is 5.73 Å². The van der Waals surface area contributed by atoms with E-state index in [4.69, 9.17) is 5.73 Å². The molecular formula is C17H19NO2. The number of esters is 1. The smallest absolute Gasteiger partial charge is 0.322 e. The van der Waals surface area contributed by atoms with Crippen LogP contribution < -0.4 is 5.73 Å². The van der Waals surface area contributed by atoms with Crippen LogP contribution in [-0.4, -0.2) is 19.1 Å². The Hall–Kier alpha value is -2.13. The highest BCUT2D eigenvalue weighted by Gasteiger charge is 2.16. The zero-order valence-electron chi connectivity index (χ0n) is 11.8. The first-order valence-corrected chi connectivity index (χ1v) is 6.61. The maximum Gasteiger partial charge on any atom is 0.322 e. The van der Waals surface area contributed by atoms with Crippen LogP contribution in [0.15, 0.2) is 48.5 Å². The van der Waals surface area contributed by atoms with E-state index >= 15 is 0 Å². The molecule has 3 nitrogen and oxygen atoms in total. The van der Waals surface area contributed by atoms with Gasteiger partial charge in [0, 0.05) is 0 Å². The SMILES string of the molecule is COC(=O)C(N)Cc1ccccc1-c1ccccc1C. The van der Waals surface area contributed by atoms with Crippen LogP contribution in [0.5, 0.6) is 0 Å². The minimum Gasteiger partial charge on any atom is -0.468 e. The van der Waals surface area contributed by atoms with E-state index in [-0.39, 0.29) is 5.97 Å². The maximum atomic E-state index is 11.5. The lowest BCUT2D eigenvalue weighted by Gasteiger charge is -2.14. The van der Waals surface area contributed by atoms with E-state index in [2.05, 4.69) is 29.9 Å². The molecule has 0 aliphatic rings. The van der Waals surface area contributed by atoms with Gasteiger partial charge >= 0.3 is 5.97 Å². The lowest BCUT2D eigenvalue weighted by atomic mass is 9.93. The molecule has 0 saturated carbocycles. The van der Waals surface area contributed by atoms with E-state index in [1.54, 1.807) is 0 Å². The van der Waals surface area contributed by atoms with Gasteiger partial charge in [-0.25, -0.2) is 0 Å². The fraction of sp³-hybridized carbons (Fsp3) is 0.235. The number of benzene rings is 2. The van der Waals surface area contributed by atoms with E-state index in [0.29, 0.717) is 6.42 Å². The molecule has 0 spiro atoms. The number of methoxy groups -OCH3 is 1. The Kier molecular flexibility index (Phi) is 4.53. The topological polar surface area (TPSA) is 52.3 Å². The Bertz CT molecular complexity index is 607. The minimum atomic E-state index is -0.634. The molecule has 1 atom stereocenters. The highest BCUT2D eigenvalue weighted by atomic mass is 16.5. The minimum absolute atomic E-state index is 0.385. The van der Waals surface area contributed by atoms with Crippen molar-refractivity contribution >= 4 is 5.97 Å². The summed E-state index contributed by atoms with van der Waals surface area (Å²) < 4.78 is 4.69. The van der Waals surface area contributed by atoms with Crippen molar-refractivity contribution in [3.05, 3.63) is 59.7 Å². The summed E-state index contributed by atoms with van der Waals surface area (Å²) in [6, 6.07) is 15.6. The molecule has 0 bridgehead atoms. The Morgan fingerprint density at radius 2 is 1.70 bits per heavy atom. The Labute approximate surface area is 119 Å². The molecule has 2 rings (SSSR count). The van der Waals surface area contributed by atoms with E-state index in [1.165, 1.54) is 18.2 Å². The van der Waals surface area contributed by atoms with Gasteiger partial charge in [-0.2, -0.15) is 0 Å². The normalized spacial score (nSPS) is 11.9. The van der Waals surface area contributed by atoms with Crippen molar-refractivity contribution in [3.63, 3.8) is 0 Å². The molecule has 0 heterocycles. The summed E-state index contributed by atoms with van der Waals surface area (Å²) in [6.07, 6.45) is 0.469. The van der Waals surface area contributed by atoms with Gasteiger partial charge in [0.2, 0.25) is 0 Å². The standard InChI is InChI=1S/C17H19NO2/c1-12-7-3-5-9-14(12)15-10-6-4-8-13(15)11-16(18)17(19)20-2/h3-10,16H,11,18H2,1-2H3. The Balaban J connectivity index is 2.37. The predicted molar refractivity (Wildman–Crippen MR) is 80.3 cm³/mol. The van der Waals surface area contributed by atoms with Crippen LogP contribution >= 0.6 is 0 Å². The number of carbonyl (C=O) groups excluding carboxylic acids is 1. The summed E-state index contributed by atoms with van der Waals surface area (Å²) in [5.41, 5.74) is 10.4. The largest absolute Gasteiger partial charge is 0.468 e. The predicted octanol–water partition coefficient (Wildman–Crippen LogP) is 2.70. The highest BCUT2D eigenvalue weighted by molar-refractivity contribution is 5.77. The molecule has 0 aliphatic heterocycles. The van der Waals surface area contributed by atoms with E-state index in [1.807, 2.05) is 30.3 Å². The quantitative estimate of drug-likeness (QED) is 0.868. The maximum absolute atomic E-state index is 11.5. The van der Waals surface area contributed by atoms with Gasteiger partial charge in [0.1, 0.15) is 6.04 Å². The molecule has 0 amide bonds. The molecule has 0 fully saturated rings. The fourth-order valence-corrected chi connectivity index (χ4v) is 2.31. The second-order valence-corrected chi connectivity index (χ2v) is 4.81. The number of hydrogen-bond donors (Lipinski definition) is 1. The molecule has 0 saturated heterocycles. The lowest BCUT2D eigenvalue weighted by molar-refractivity contribution is -0.142. The molecule has 3 heteroatoms. The number of rotatable bonds is 4. The van der Waals surface area contributed by atoms with Gasteiger partial charge < -0.3 is 10.5 Å². The molecule has 0 aromatic heterocycles. The average Bonchev–Trinajstić information content (AvgIpc) is 2.47. The zero-order valence-corrected chi connectivity index (χ0v) is 11.8. The second-order valence-electron chi connectivity index (χ2n) is 4.81. The van der Waals surface area contributed by atoms with Gasteiger partial charge in [-0.3, -0.25) is 4.79 Å². The molecular weight excluding hydrogens is 250 g/mol. The van der Waals surface area contributed by atoms with Crippen LogP contribution in [0.4, 0.5) is 0 Å². The van der Waals surface area contributed by atoms with E-state index in [9.17, 15) is 4.79 Å². The van der Waals surface area contributed by atoms with Crippen LogP contribution in [0, 0.1) is 6.92 Å². The first-order chi connectivity index (χ1) is 9.63. The number of aryl methyl sites for hydroxylation is 1. The summed E-state index contributed by atoms with van der Waals surface area (Å²) in [5.74, 6) is -0.385. The van der Waals surface area contributed by atoms with Crippen molar-refractivity contribution in [3.8, 4) is 11.1 Å². The number of ether oxygens (including phenoxy) is 1. The monoisotopic (exact) mass is 269 g/mol. The van der Waals surface area contributed by atoms with E-state index in [0.717, 1.165) is 11.1 Å². The molecule has 2 aromatic carbocycles. The van der Waals surface area contributed by atoms with Crippen molar-refractivity contribution in [1.82, 2.24) is 0 Å². The van der Waals surface area contributed by atoms with Gasteiger partial charge in [0.05, 0.1) is 7.11 Å². The third-order valence-corrected chi connectivity index (χ3v) is 3.40. The summed E-state index contributed by atoms with van der Waals surface area (Å²) in [5, 5.41) is 0. The van der Waals surface area contributed by atoms with Gasteiger partial charge in [-0.15, -0.1) is 0 Å². The number of hydrogen-bond acceptors (Lipinski definition) is 3. The molecule has 1 unspecified atom stereocenters. The highest BCUT2D eigenvalue weighted by Crippen LogP contribution is 2.27. The van der Waals surface area contributed by atoms with Crippen molar-refractivity contribution in [2.45, 2.75) is 19.4 Å². The van der Waals surface area contributed by atoms with Crippen molar-refractivity contribution in [1.29, 1.82) is 0 Å². The van der Waals surface area contributed by atoms with Gasteiger partial charge in [0.25, 0.3) is 0 Å². The second kappa shape index (κ2) is 6.35. The lowest BCUT2D eigenvalue weighted by Crippen LogP contribution is -2.33. The summed E-state index contributed by atoms with van der Waals surface area (Å²) in [4.78, 5) is 11.5. The average molecular weight is 269 g/mol. The zero-order chi connectivity index (χ0) is 14.5. The van der Waals surface area contributed by atoms with Gasteiger partial charge in [-0.1, -0.05) is 48.5 Å². The third kappa shape index (κ3) is 3.06. The molecule has 2 aromatic rings. The fourth-order valence-electron chi connectivity index (χ4n) is 2.31. The third-order valence-electron chi connectivity index (χ3n) is 3.40. The number of carbonyl (C=O) groups is 1. The van der Waals surface area contributed by atoms with Crippen LogP contribution in [0.2, 0.25) is 0 Å². The van der Waals surface area contributed by atoms with Crippen molar-refractivity contribution in [2.75, 3.05) is 7.11 Å². The van der Waals surface area contributed by atoms with Crippen LogP contribution in [0.3, 0.4) is 0 Å². The first kappa shape index (κ1) is 14.3. The molecule has 2 N–H and O–H groups in total. The van der Waals surface area contributed by atoms with Gasteiger partial charge in [-0.05, 0) is 35.6 Å². The summed E-state index contributed by atoms with van der Waals surface area (Å²) in [7, 11) is 1.36. The summed E-state index contributed by atoms with van der Waals surface area (Å²) >= 11 is 0. The molecule has 104 valence electrons. The van der Waals surface area contributed by atoms with Crippen LogP contribution in [0.1, 0.15) is 11.1 Å². The summed E-state index contributed by atoms with van der Waals surface area (Å²) in [6.45, 7) is 2.08. The molecule has 20 heavy (non-hydrogen) atoms. The molecule has 0 aliphatic carbocycles. The van der Waals surface area contributed by atoms with E-state index < -0.39 is 6.04 Å². The first-order valence-electron chi connectivity index (χ1n) is 6.61. The van der Waals surface area contributed by atoms with Crippen molar-refractivity contribution < 1.29 is 9.53 Å². The number of nitrogens with two attached hydrogens (primary N) is 1. The Morgan fingerprint density at radius 1 is 1.10 bits per heavy atom. The van der Waals surface area contributed by atoms with Gasteiger partial charge in [0.15, 0.2) is 0 Å². The van der Waals surface area contributed by atoms with Crippen LogP contribution in [-0.2, 0) is 16.0 Å². The Morgan fingerprint density at radius 3 is 2.35 bits per heavy atom.